The van der Waals surface area contributed by atoms with Gasteiger partial charge >= 0.3 is 0 Å². The maximum Gasteiger partial charge on any atom is 0.246 e. The van der Waals surface area contributed by atoms with Crippen LogP contribution in [-0.2, 0) is 4.79 Å². The van der Waals surface area contributed by atoms with Crippen LogP contribution >= 0.6 is 0 Å². The van der Waals surface area contributed by atoms with Crippen LogP contribution in [0.2, 0.25) is 0 Å². The lowest BCUT2D eigenvalue weighted by atomic mass is 10.2. The fourth-order valence-corrected chi connectivity index (χ4v) is 1.89. The number of carbonyl (C=O) groups excluding carboxylic acids is 1. The molecular weight excluding hydrogens is 202 g/mol. The smallest absolute Gasteiger partial charge is 0.246 e. The summed E-state index contributed by atoms with van der Waals surface area (Å²) in [6.07, 6.45) is 3.49. The summed E-state index contributed by atoms with van der Waals surface area (Å²) in [6, 6.07) is 8.01. The minimum Gasteiger partial charge on any atom is -0.361 e. The van der Waals surface area contributed by atoms with Crippen molar-refractivity contribution in [2.75, 3.05) is 11.9 Å². The Morgan fingerprint density at radius 2 is 2.19 bits per heavy atom. The Balaban J connectivity index is 1.97. The number of carbonyl (C=O) groups is 1. The van der Waals surface area contributed by atoms with Crippen LogP contribution < -0.4 is 10.6 Å². The van der Waals surface area contributed by atoms with E-state index >= 15 is 0 Å². The first-order valence-corrected chi connectivity index (χ1v) is 5.14. The highest BCUT2D eigenvalue weighted by Crippen LogP contribution is 2.23. The summed E-state index contributed by atoms with van der Waals surface area (Å²) in [5.41, 5.74) is 3.00. The van der Waals surface area contributed by atoms with Gasteiger partial charge in [0.2, 0.25) is 5.91 Å². The molecule has 1 aromatic carbocycles. The Kier molecular flexibility index (Phi) is 1.93. The van der Waals surface area contributed by atoms with Gasteiger partial charge in [0, 0.05) is 34.6 Å². The van der Waals surface area contributed by atoms with E-state index in [1.165, 1.54) is 0 Å². The van der Waals surface area contributed by atoms with Gasteiger partial charge in [-0.3, -0.25) is 4.79 Å². The van der Waals surface area contributed by atoms with Gasteiger partial charge in [-0.2, -0.15) is 0 Å². The van der Waals surface area contributed by atoms with Crippen LogP contribution in [0.3, 0.4) is 0 Å². The molecule has 1 aliphatic rings. The summed E-state index contributed by atoms with van der Waals surface area (Å²) in [5, 5.41) is 7.12. The molecule has 1 amide bonds. The van der Waals surface area contributed by atoms with Crippen LogP contribution in [0.15, 0.2) is 42.2 Å². The van der Waals surface area contributed by atoms with Crippen LogP contribution in [0, 0.1) is 0 Å². The molecule has 80 valence electrons. The normalized spacial score (nSPS) is 15.0. The molecule has 0 saturated heterocycles. The molecule has 1 aliphatic heterocycles. The molecule has 1 aromatic heterocycles. The Morgan fingerprint density at radius 1 is 1.25 bits per heavy atom. The third-order valence-corrected chi connectivity index (χ3v) is 2.65. The molecule has 0 saturated carbocycles. The highest BCUT2D eigenvalue weighted by molar-refractivity contribution is 5.95. The number of fused-ring (bicyclic) bond motifs is 1. The van der Waals surface area contributed by atoms with E-state index in [4.69, 9.17) is 0 Å². The summed E-state index contributed by atoms with van der Waals surface area (Å²) in [7, 11) is 0. The van der Waals surface area contributed by atoms with Crippen molar-refractivity contribution in [2.45, 2.75) is 0 Å². The van der Waals surface area contributed by atoms with Gasteiger partial charge in [0.25, 0.3) is 0 Å². The van der Waals surface area contributed by atoms with Gasteiger partial charge in [-0.05, 0) is 18.2 Å². The van der Waals surface area contributed by atoms with Gasteiger partial charge in [-0.25, -0.2) is 0 Å². The summed E-state index contributed by atoms with van der Waals surface area (Å²) >= 11 is 0. The summed E-state index contributed by atoms with van der Waals surface area (Å²) in [6.45, 7) is 0.569. The van der Waals surface area contributed by atoms with E-state index in [0.717, 1.165) is 22.3 Å². The van der Waals surface area contributed by atoms with Crippen LogP contribution in [-0.4, -0.2) is 17.4 Å². The molecule has 0 bridgehead atoms. The second-order valence-electron chi connectivity index (χ2n) is 3.76. The largest absolute Gasteiger partial charge is 0.361 e. The lowest BCUT2D eigenvalue weighted by molar-refractivity contribution is -0.115. The first kappa shape index (κ1) is 9.03. The van der Waals surface area contributed by atoms with Crippen LogP contribution in [0.4, 0.5) is 5.69 Å². The number of H-pyrrole nitrogens is 1. The van der Waals surface area contributed by atoms with E-state index in [1.807, 2.05) is 30.5 Å². The highest BCUT2D eigenvalue weighted by atomic mass is 16.1. The average molecular weight is 213 g/mol. The minimum atomic E-state index is -0.0382. The van der Waals surface area contributed by atoms with Crippen molar-refractivity contribution in [3.05, 3.63) is 42.2 Å². The second-order valence-corrected chi connectivity index (χ2v) is 3.76. The summed E-state index contributed by atoms with van der Waals surface area (Å²) in [5.74, 6) is -0.0382. The summed E-state index contributed by atoms with van der Waals surface area (Å²) < 4.78 is 0. The summed E-state index contributed by atoms with van der Waals surface area (Å²) in [4.78, 5) is 14.2. The van der Waals surface area contributed by atoms with Crippen LogP contribution in [0.5, 0.6) is 0 Å². The number of aromatic amines is 1. The van der Waals surface area contributed by atoms with Gasteiger partial charge in [-0.15, -0.1) is 0 Å². The number of anilines is 1. The maximum absolute atomic E-state index is 11.0. The molecule has 2 heterocycles. The van der Waals surface area contributed by atoms with Gasteiger partial charge < -0.3 is 15.6 Å². The molecule has 0 unspecified atom stereocenters. The van der Waals surface area contributed by atoms with E-state index in [9.17, 15) is 4.79 Å². The van der Waals surface area contributed by atoms with E-state index in [1.54, 1.807) is 6.08 Å². The van der Waals surface area contributed by atoms with Gasteiger partial charge in [-0.1, -0.05) is 6.07 Å². The number of hydrogen-bond donors (Lipinski definition) is 3. The molecule has 0 spiro atoms. The SMILES string of the molecule is O=C1C=C(Nc2cccc3[nH]ccc23)CN1. The molecule has 3 N–H and O–H groups in total. The molecule has 4 heteroatoms. The number of hydrogen-bond acceptors (Lipinski definition) is 2. The third-order valence-electron chi connectivity index (χ3n) is 2.65. The zero-order valence-corrected chi connectivity index (χ0v) is 8.58. The lowest BCUT2D eigenvalue weighted by Gasteiger charge is -2.07. The van der Waals surface area contributed by atoms with Crippen molar-refractivity contribution in [1.29, 1.82) is 0 Å². The fraction of sp³-hybridized carbons (Fsp3) is 0.0833. The first-order valence-electron chi connectivity index (χ1n) is 5.14. The number of nitrogens with one attached hydrogen (secondary N) is 3. The minimum absolute atomic E-state index is 0.0382. The van der Waals surface area contributed by atoms with Crippen LogP contribution in [0.1, 0.15) is 0 Å². The molecule has 2 aromatic rings. The monoisotopic (exact) mass is 213 g/mol. The highest BCUT2D eigenvalue weighted by Gasteiger charge is 2.11. The van der Waals surface area contributed by atoms with E-state index in [2.05, 4.69) is 15.6 Å². The Bertz CT molecular complexity index is 583. The van der Waals surface area contributed by atoms with E-state index < -0.39 is 0 Å². The zero-order chi connectivity index (χ0) is 11.0. The second kappa shape index (κ2) is 3.41. The van der Waals surface area contributed by atoms with Crippen molar-refractivity contribution in [1.82, 2.24) is 10.3 Å². The predicted molar refractivity (Wildman–Crippen MR) is 63.0 cm³/mol. The van der Waals surface area contributed by atoms with E-state index in [0.29, 0.717) is 6.54 Å². The number of amides is 1. The fourth-order valence-electron chi connectivity index (χ4n) is 1.89. The van der Waals surface area contributed by atoms with Crippen molar-refractivity contribution in [3.8, 4) is 0 Å². The maximum atomic E-state index is 11.0. The van der Waals surface area contributed by atoms with Gasteiger partial charge in [0.1, 0.15) is 0 Å². The molecule has 4 nitrogen and oxygen atoms in total. The molecular formula is C12H11N3O. The molecule has 3 rings (SSSR count). The number of rotatable bonds is 2. The first-order chi connectivity index (χ1) is 7.83. The van der Waals surface area contributed by atoms with Crippen LogP contribution in [0.25, 0.3) is 10.9 Å². The van der Waals surface area contributed by atoms with Crippen molar-refractivity contribution < 1.29 is 4.79 Å². The Morgan fingerprint density at radius 3 is 3.00 bits per heavy atom. The molecule has 0 fully saturated rings. The van der Waals surface area contributed by atoms with Gasteiger partial charge in [0.05, 0.1) is 6.54 Å². The molecule has 16 heavy (non-hydrogen) atoms. The Labute approximate surface area is 92.3 Å². The van der Waals surface area contributed by atoms with E-state index in [-0.39, 0.29) is 5.91 Å². The number of benzene rings is 1. The molecule has 0 radical (unpaired) electrons. The van der Waals surface area contributed by atoms with Gasteiger partial charge in [0.15, 0.2) is 0 Å². The van der Waals surface area contributed by atoms with Crippen molar-refractivity contribution >= 4 is 22.5 Å². The zero-order valence-electron chi connectivity index (χ0n) is 8.58. The lowest BCUT2D eigenvalue weighted by Crippen LogP contribution is -2.16. The quantitative estimate of drug-likeness (QED) is 0.709. The topological polar surface area (TPSA) is 56.9 Å². The third kappa shape index (κ3) is 1.44. The Hall–Kier alpha value is -2.23. The number of aromatic nitrogens is 1. The average Bonchev–Trinajstić information content (AvgIpc) is 2.87. The standard InChI is InChI=1S/C12H11N3O/c16-12-6-8(7-14-12)15-11-3-1-2-10-9(11)4-5-13-10/h1-6,13,15H,7H2,(H,14,16). The van der Waals surface area contributed by atoms with Crippen molar-refractivity contribution in [2.24, 2.45) is 0 Å². The molecule has 0 atom stereocenters. The molecule has 0 aliphatic carbocycles. The van der Waals surface area contributed by atoms with Crippen molar-refractivity contribution in [3.63, 3.8) is 0 Å². The predicted octanol–water partition coefficient (Wildman–Crippen LogP) is 1.59.